The highest BCUT2D eigenvalue weighted by molar-refractivity contribution is 5.96. The van der Waals surface area contributed by atoms with E-state index in [9.17, 15) is 9.59 Å². The van der Waals surface area contributed by atoms with Crippen LogP contribution in [0.25, 0.3) is 0 Å². The summed E-state index contributed by atoms with van der Waals surface area (Å²) in [5, 5.41) is 3.18. The van der Waals surface area contributed by atoms with Gasteiger partial charge in [-0.1, -0.05) is 37.3 Å². The fourth-order valence-electron chi connectivity index (χ4n) is 5.23. The summed E-state index contributed by atoms with van der Waals surface area (Å²) < 4.78 is 0. The minimum absolute atomic E-state index is 0.0405. The van der Waals surface area contributed by atoms with Crippen LogP contribution in [0.3, 0.4) is 0 Å². The average Bonchev–Trinajstić information content (AvgIpc) is 3.36. The number of carbonyl (C=O) groups excluding carboxylic acids is 2. The van der Waals surface area contributed by atoms with E-state index in [1.807, 2.05) is 49.9 Å². The van der Waals surface area contributed by atoms with Gasteiger partial charge in [-0.15, -0.1) is 0 Å². The number of carbonyl (C=O) groups is 2. The van der Waals surface area contributed by atoms with Gasteiger partial charge in [0, 0.05) is 45.3 Å². The standard InChI is InChI=1S/C26H34N4O2/c1-4-24(31)28-23(20-8-6-5-7-9-20)11-13-29-14-21-16-30(17-22(21)15-29)26(32)25-18(2)10-12-27-19(25)3/h5-10,12,21-23H,4,11,13-17H2,1-3H3,(H,28,31)/t21-,22?,23?/m0/s1. The highest BCUT2D eigenvalue weighted by atomic mass is 16.2. The Morgan fingerprint density at radius 1 is 1.06 bits per heavy atom. The number of pyridine rings is 1. The monoisotopic (exact) mass is 434 g/mol. The Morgan fingerprint density at radius 2 is 1.75 bits per heavy atom. The number of rotatable bonds is 7. The summed E-state index contributed by atoms with van der Waals surface area (Å²) in [6.45, 7) is 10.4. The summed E-state index contributed by atoms with van der Waals surface area (Å²) in [5.74, 6) is 1.26. The Hall–Kier alpha value is -2.73. The maximum absolute atomic E-state index is 13.1. The van der Waals surface area contributed by atoms with Crippen LogP contribution in [-0.4, -0.2) is 59.3 Å². The van der Waals surface area contributed by atoms with Crippen molar-refractivity contribution in [1.29, 1.82) is 0 Å². The molecule has 2 aliphatic rings. The topological polar surface area (TPSA) is 65.5 Å². The lowest BCUT2D eigenvalue weighted by Crippen LogP contribution is -2.35. The van der Waals surface area contributed by atoms with Gasteiger partial charge in [0.1, 0.15) is 0 Å². The molecule has 0 radical (unpaired) electrons. The fraction of sp³-hybridized carbons (Fsp3) is 0.500. The highest BCUT2D eigenvalue weighted by Gasteiger charge is 2.42. The van der Waals surface area contributed by atoms with Crippen molar-refractivity contribution in [2.24, 2.45) is 11.8 Å². The summed E-state index contributed by atoms with van der Waals surface area (Å²) in [5.41, 5.74) is 3.74. The van der Waals surface area contributed by atoms with Gasteiger partial charge < -0.3 is 15.1 Å². The molecule has 1 aromatic heterocycles. The van der Waals surface area contributed by atoms with Crippen LogP contribution in [0, 0.1) is 25.7 Å². The first-order valence-electron chi connectivity index (χ1n) is 11.7. The van der Waals surface area contributed by atoms with Crippen molar-refractivity contribution in [1.82, 2.24) is 20.1 Å². The SMILES string of the molecule is CCC(=O)NC(CCN1CC2CN(C(=O)c3c(C)ccnc3C)C[C@@H]2C1)c1ccccc1. The van der Waals surface area contributed by atoms with Gasteiger partial charge in [-0.2, -0.15) is 0 Å². The molecule has 2 amide bonds. The summed E-state index contributed by atoms with van der Waals surface area (Å²) in [6.07, 6.45) is 3.16. The molecule has 2 aliphatic heterocycles. The lowest BCUT2D eigenvalue weighted by Gasteiger charge is -2.25. The molecular formula is C26H34N4O2. The predicted molar refractivity (Wildman–Crippen MR) is 125 cm³/mol. The van der Waals surface area contributed by atoms with Crippen LogP contribution in [0.2, 0.25) is 0 Å². The zero-order valence-electron chi connectivity index (χ0n) is 19.4. The molecule has 32 heavy (non-hydrogen) atoms. The third kappa shape index (κ3) is 4.85. The highest BCUT2D eigenvalue weighted by Crippen LogP contribution is 2.33. The Morgan fingerprint density at radius 3 is 2.38 bits per heavy atom. The second-order valence-corrected chi connectivity index (χ2v) is 9.25. The Balaban J connectivity index is 1.33. The van der Waals surface area contributed by atoms with Crippen molar-refractivity contribution in [2.75, 3.05) is 32.7 Å². The van der Waals surface area contributed by atoms with Gasteiger partial charge in [0.05, 0.1) is 17.3 Å². The molecule has 2 saturated heterocycles. The van der Waals surface area contributed by atoms with Crippen LogP contribution in [0.15, 0.2) is 42.6 Å². The Bertz CT molecular complexity index is 927. The Labute approximate surface area is 191 Å². The Kier molecular flexibility index (Phi) is 6.89. The van der Waals surface area contributed by atoms with E-state index in [2.05, 4.69) is 27.3 Å². The maximum atomic E-state index is 13.1. The molecule has 6 heteroatoms. The third-order valence-corrected chi connectivity index (χ3v) is 7.00. The molecule has 2 unspecified atom stereocenters. The number of aromatic nitrogens is 1. The molecule has 2 aromatic rings. The largest absolute Gasteiger partial charge is 0.349 e. The zero-order chi connectivity index (χ0) is 22.7. The zero-order valence-corrected chi connectivity index (χ0v) is 19.4. The number of nitrogens with one attached hydrogen (secondary N) is 1. The van der Waals surface area contributed by atoms with E-state index in [-0.39, 0.29) is 17.9 Å². The molecular weight excluding hydrogens is 400 g/mol. The maximum Gasteiger partial charge on any atom is 0.255 e. The first-order chi connectivity index (χ1) is 15.5. The molecule has 170 valence electrons. The molecule has 1 aromatic carbocycles. The number of likely N-dealkylation sites (tertiary alicyclic amines) is 2. The van der Waals surface area contributed by atoms with Gasteiger partial charge in [0.15, 0.2) is 0 Å². The number of aryl methyl sites for hydroxylation is 2. The third-order valence-electron chi connectivity index (χ3n) is 7.00. The average molecular weight is 435 g/mol. The van der Waals surface area contributed by atoms with Crippen LogP contribution in [0.1, 0.15) is 53.0 Å². The first kappa shape index (κ1) is 22.5. The van der Waals surface area contributed by atoms with Gasteiger partial charge in [-0.05, 0) is 49.3 Å². The van der Waals surface area contributed by atoms with Crippen LogP contribution >= 0.6 is 0 Å². The quantitative estimate of drug-likeness (QED) is 0.726. The van der Waals surface area contributed by atoms with Gasteiger partial charge in [0.2, 0.25) is 5.91 Å². The van der Waals surface area contributed by atoms with Crippen molar-refractivity contribution < 1.29 is 9.59 Å². The minimum Gasteiger partial charge on any atom is -0.349 e. The second kappa shape index (κ2) is 9.82. The van der Waals surface area contributed by atoms with Crippen LogP contribution in [0.4, 0.5) is 0 Å². The van der Waals surface area contributed by atoms with E-state index < -0.39 is 0 Å². The van der Waals surface area contributed by atoms with E-state index in [0.29, 0.717) is 18.3 Å². The minimum atomic E-state index is 0.0405. The summed E-state index contributed by atoms with van der Waals surface area (Å²) in [7, 11) is 0. The number of benzene rings is 1. The molecule has 0 aliphatic carbocycles. The molecule has 0 bridgehead atoms. The smallest absolute Gasteiger partial charge is 0.255 e. The van der Waals surface area contributed by atoms with E-state index in [4.69, 9.17) is 0 Å². The summed E-state index contributed by atoms with van der Waals surface area (Å²) in [6, 6.07) is 12.2. The molecule has 0 spiro atoms. The molecule has 0 saturated carbocycles. The van der Waals surface area contributed by atoms with E-state index in [0.717, 1.165) is 61.5 Å². The van der Waals surface area contributed by atoms with Crippen molar-refractivity contribution in [3.8, 4) is 0 Å². The normalized spacial score (nSPS) is 21.4. The number of nitrogens with zero attached hydrogens (tertiary/aromatic N) is 3. The lowest BCUT2D eigenvalue weighted by atomic mass is 10.0. The van der Waals surface area contributed by atoms with E-state index >= 15 is 0 Å². The summed E-state index contributed by atoms with van der Waals surface area (Å²) >= 11 is 0. The number of hydrogen-bond acceptors (Lipinski definition) is 4. The van der Waals surface area contributed by atoms with Crippen LogP contribution in [-0.2, 0) is 4.79 Å². The van der Waals surface area contributed by atoms with Crippen molar-refractivity contribution in [3.05, 3.63) is 65.0 Å². The first-order valence-corrected chi connectivity index (χ1v) is 11.7. The molecule has 2 fully saturated rings. The lowest BCUT2D eigenvalue weighted by molar-refractivity contribution is -0.121. The molecule has 3 atom stereocenters. The fourth-order valence-corrected chi connectivity index (χ4v) is 5.23. The van der Waals surface area contributed by atoms with E-state index in [1.165, 1.54) is 0 Å². The van der Waals surface area contributed by atoms with Crippen molar-refractivity contribution in [3.63, 3.8) is 0 Å². The molecule has 4 rings (SSSR count). The van der Waals surface area contributed by atoms with Crippen molar-refractivity contribution >= 4 is 11.8 Å². The van der Waals surface area contributed by atoms with Crippen LogP contribution in [0.5, 0.6) is 0 Å². The van der Waals surface area contributed by atoms with Crippen molar-refractivity contribution in [2.45, 2.75) is 39.7 Å². The molecule has 6 nitrogen and oxygen atoms in total. The van der Waals surface area contributed by atoms with Gasteiger partial charge >= 0.3 is 0 Å². The van der Waals surface area contributed by atoms with Gasteiger partial charge in [0.25, 0.3) is 5.91 Å². The molecule has 3 heterocycles. The van der Waals surface area contributed by atoms with Gasteiger partial charge in [-0.3, -0.25) is 14.6 Å². The summed E-state index contributed by atoms with van der Waals surface area (Å²) in [4.78, 5) is 34.0. The number of hydrogen-bond donors (Lipinski definition) is 1. The van der Waals surface area contributed by atoms with E-state index in [1.54, 1.807) is 6.20 Å². The number of amides is 2. The second-order valence-electron chi connectivity index (χ2n) is 9.25. The predicted octanol–water partition coefficient (Wildman–Crippen LogP) is 3.36. The van der Waals surface area contributed by atoms with Crippen LogP contribution < -0.4 is 5.32 Å². The number of fused-ring (bicyclic) bond motifs is 1. The molecule has 1 N–H and O–H groups in total. The van der Waals surface area contributed by atoms with Gasteiger partial charge in [-0.25, -0.2) is 0 Å².